The van der Waals surface area contributed by atoms with E-state index in [0.29, 0.717) is 24.9 Å². The average Bonchev–Trinajstić information content (AvgIpc) is 3.00. The van der Waals surface area contributed by atoms with E-state index in [2.05, 4.69) is 20.8 Å². The average molecular weight is 284 g/mol. The Balaban J connectivity index is 1.58. The van der Waals surface area contributed by atoms with E-state index < -0.39 is 6.04 Å². The summed E-state index contributed by atoms with van der Waals surface area (Å²) in [4.78, 5) is 24.1. The number of H-pyrrole nitrogens is 1. The van der Waals surface area contributed by atoms with Gasteiger partial charge in [-0.3, -0.25) is 14.7 Å². The Morgan fingerprint density at radius 2 is 2.19 bits per heavy atom. The molecule has 0 saturated carbocycles. The summed E-state index contributed by atoms with van der Waals surface area (Å²) in [6.45, 7) is 0.509. The second kappa shape index (κ2) is 5.78. The van der Waals surface area contributed by atoms with Crippen molar-refractivity contribution in [2.75, 3.05) is 6.54 Å². The monoisotopic (exact) mass is 284 g/mol. The fourth-order valence-electron chi connectivity index (χ4n) is 2.45. The maximum absolute atomic E-state index is 12.1. The highest BCUT2D eigenvalue weighted by Crippen LogP contribution is 2.16. The summed E-state index contributed by atoms with van der Waals surface area (Å²) in [5.74, 6) is -0.345. The summed E-state index contributed by atoms with van der Waals surface area (Å²) in [5.41, 5.74) is 2.53. The van der Waals surface area contributed by atoms with Gasteiger partial charge in [0, 0.05) is 36.8 Å². The van der Waals surface area contributed by atoms with E-state index >= 15 is 0 Å². The van der Waals surface area contributed by atoms with Gasteiger partial charge < -0.3 is 10.6 Å². The lowest BCUT2D eigenvalue weighted by atomic mass is 9.95. The van der Waals surface area contributed by atoms with Crippen molar-refractivity contribution >= 4 is 11.8 Å². The van der Waals surface area contributed by atoms with Crippen molar-refractivity contribution in [1.82, 2.24) is 20.8 Å². The van der Waals surface area contributed by atoms with E-state index in [4.69, 9.17) is 0 Å². The molecule has 3 rings (SSSR count). The Bertz CT molecular complexity index is 651. The number of nitrogens with zero attached hydrogens (tertiary/aromatic N) is 1. The third-order valence-corrected chi connectivity index (χ3v) is 3.56. The van der Waals surface area contributed by atoms with Crippen LogP contribution >= 0.6 is 0 Å². The molecule has 2 heterocycles. The number of hydrogen-bond donors (Lipinski definition) is 3. The Morgan fingerprint density at radius 1 is 1.33 bits per heavy atom. The molecule has 0 radical (unpaired) electrons. The van der Waals surface area contributed by atoms with Gasteiger partial charge in [0.2, 0.25) is 5.91 Å². The van der Waals surface area contributed by atoms with Crippen molar-refractivity contribution in [3.05, 3.63) is 53.3 Å². The van der Waals surface area contributed by atoms with Gasteiger partial charge in [-0.2, -0.15) is 5.10 Å². The second-order valence-electron chi connectivity index (χ2n) is 5.01. The minimum atomic E-state index is -0.505. The molecule has 3 N–H and O–H groups in total. The molecule has 6 heteroatoms. The van der Waals surface area contributed by atoms with Crippen LogP contribution in [0, 0.1) is 0 Å². The van der Waals surface area contributed by atoms with E-state index in [1.165, 1.54) is 0 Å². The van der Waals surface area contributed by atoms with E-state index in [9.17, 15) is 9.59 Å². The number of aromatic amines is 1. The topological polar surface area (TPSA) is 86.9 Å². The van der Waals surface area contributed by atoms with Gasteiger partial charge in [0.15, 0.2) is 0 Å². The number of carbonyl (C=O) groups is 2. The van der Waals surface area contributed by atoms with Crippen LogP contribution in [0.4, 0.5) is 0 Å². The number of fused-ring (bicyclic) bond motifs is 1. The molecular formula is C15H16N4O2. The van der Waals surface area contributed by atoms with E-state index in [1.54, 1.807) is 12.3 Å². The van der Waals surface area contributed by atoms with Gasteiger partial charge in [-0.25, -0.2) is 0 Å². The molecule has 0 aliphatic carbocycles. The lowest BCUT2D eigenvalue weighted by Gasteiger charge is -2.24. The molecule has 0 spiro atoms. The summed E-state index contributed by atoms with van der Waals surface area (Å²) in [6, 6.07) is 8.73. The molecule has 0 unspecified atom stereocenters. The van der Waals surface area contributed by atoms with E-state index in [-0.39, 0.29) is 11.8 Å². The molecule has 1 aliphatic heterocycles. The Morgan fingerprint density at radius 3 is 3.00 bits per heavy atom. The summed E-state index contributed by atoms with van der Waals surface area (Å²) in [5, 5.41) is 12.3. The van der Waals surface area contributed by atoms with Crippen LogP contribution < -0.4 is 10.6 Å². The van der Waals surface area contributed by atoms with Gasteiger partial charge in [0.05, 0.1) is 0 Å². The third kappa shape index (κ3) is 2.94. The zero-order valence-corrected chi connectivity index (χ0v) is 11.4. The van der Waals surface area contributed by atoms with Crippen LogP contribution in [0.1, 0.15) is 21.6 Å². The number of aromatic nitrogens is 2. The van der Waals surface area contributed by atoms with Crippen molar-refractivity contribution in [2.45, 2.75) is 18.9 Å². The molecule has 1 aliphatic rings. The van der Waals surface area contributed by atoms with Gasteiger partial charge in [0.25, 0.3) is 5.91 Å². The van der Waals surface area contributed by atoms with Crippen molar-refractivity contribution in [3.8, 4) is 0 Å². The predicted molar refractivity (Wildman–Crippen MR) is 76.7 cm³/mol. The van der Waals surface area contributed by atoms with Crippen molar-refractivity contribution in [2.24, 2.45) is 0 Å². The standard InChI is InChI=1S/C15H16N4O2/c20-14-12-4-2-1-3-10(12)9-13(18-14)15(21)16-7-5-11-6-8-17-19-11/h1-4,6,8,13H,5,7,9H2,(H,16,21)(H,17,19)(H,18,20)/t13-/m0/s1. The van der Waals surface area contributed by atoms with Crippen LogP contribution in [0.25, 0.3) is 0 Å². The Hall–Kier alpha value is -2.63. The number of nitrogens with one attached hydrogen (secondary N) is 3. The SMILES string of the molecule is O=C1N[C@H](C(=O)NCCc2ccn[nH]2)Cc2ccccc21. The first-order valence-corrected chi connectivity index (χ1v) is 6.89. The molecule has 2 aromatic rings. The fraction of sp³-hybridized carbons (Fsp3) is 0.267. The highest BCUT2D eigenvalue weighted by molar-refractivity contribution is 6.00. The van der Waals surface area contributed by atoms with Gasteiger partial charge in [0.1, 0.15) is 6.04 Å². The molecule has 0 bridgehead atoms. The molecule has 0 saturated heterocycles. The largest absolute Gasteiger partial charge is 0.354 e. The van der Waals surface area contributed by atoms with Gasteiger partial charge >= 0.3 is 0 Å². The highest BCUT2D eigenvalue weighted by Gasteiger charge is 2.28. The normalized spacial score (nSPS) is 17.0. The molecule has 21 heavy (non-hydrogen) atoms. The van der Waals surface area contributed by atoms with Crippen molar-refractivity contribution in [1.29, 1.82) is 0 Å². The number of benzene rings is 1. The zero-order chi connectivity index (χ0) is 14.7. The summed E-state index contributed by atoms with van der Waals surface area (Å²) in [6.07, 6.45) is 2.89. The van der Waals surface area contributed by atoms with Crippen LogP contribution in [0.2, 0.25) is 0 Å². The predicted octanol–water partition coefficient (Wildman–Crippen LogP) is 0.423. The van der Waals surface area contributed by atoms with Crippen LogP contribution in [0.15, 0.2) is 36.5 Å². The van der Waals surface area contributed by atoms with Crippen LogP contribution in [-0.2, 0) is 17.6 Å². The fourth-order valence-corrected chi connectivity index (χ4v) is 2.45. The van der Waals surface area contributed by atoms with Crippen LogP contribution in [0.5, 0.6) is 0 Å². The highest BCUT2D eigenvalue weighted by atomic mass is 16.2. The maximum atomic E-state index is 12.1. The molecule has 1 atom stereocenters. The van der Waals surface area contributed by atoms with E-state index in [0.717, 1.165) is 11.3 Å². The van der Waals surface area contributed by atoms with Crippen LogP contribution in [0.3, 0.4) is 0 Å². The molecule has 108 valence electrons. The number of hydrogen-bond acceptors (Lipinski definition) is 3. The zero-order valence-electron chi connectivity index (χ0n) is 11.4. The first kappa shape index (κ1) is 13.4. The number of rotatable bonds is 4. The third-order valence-electron chi connectivity index (χ3n) is 3.56. The lowest BCUT2D eigenvalue weighted by Crippen LogP contribution is -2.51. The smallest absolute Gasteiger partial charge is 0.252 e. The minimum Gasteiger partial charge on any atom is -0.354 e. The Kier molecular flexibility index (Phi) is 3.68. The first-order valence-electron chi connectivity index (χ1n) is 6.89. The first-order chi connectivity index (χ1) is 10.2. The van der Waals surface area contributed by atoms with Gasteiger partial charge in [-0.1, -0.05) is 18.2 Å². The van der Waals surface area contributed by atoms with Crippen molar-refractivity contribution < 1.29 is 9.59 Å². The second-order valence-corrected chi connectivity index (χ2v) is 5.01. The molecule has 1 aromatic heterocycles. The molecule has 0 fully saturated rings. The quantitative estimate of drug-likeness (QED) is 0.760. The Labute approximate surface area is 121 Å². The summed E-state index contributed by atoms with van der Waals surface area (Å²) in [7, 11) is 0. The lowest BCUT2D eigenvalue weighted by molar-refractivity contribution is -0.123. The minimum absolute atomic E-state index is 0.155. The summed E-state index contributed by atoms with van der Waals surface area (Å²) < 4.78 is 0. The molecule has 6 nitrogen and oxygen atoms in total. The van der Waals surface area contributed by atoms with Gasteiger partial charge in [-0.05, 0) is 17.7 Å². The van der Waals surface area contributed by atoms with Crippen LogP contribution in [-0.4, -0.2) is 34.6 Å². The molecule has 2 amide bonds. The molecule has 1 aromatic carbocycles. The summed E-state index contributed by atoms with van der Waals surface area (Å²) >= 11 is 0. The maximum Gasteiger partial charge on any atom is 0.252 e. The van der Waals surface area contributed by atoms with Crippen molar-refractivity contribution in [3.63, 3.8) is 0 Å². The van der Waals surface area contributed by atoms with Gasteiger partial charge in [-0.15, -0.1) is 0 Å². The number of amides is 2. The van der Waals surface area contributed by atoms with E-state index in [1.807, 2.05) is 24.3 Å². The molecular weight excluding hydrogens is 268 g/mol. The number of carbonyl (C=O) groups excluding carboxylic acids is 2.